The maximum Gasteiger partial charge on any atom is 0.255 e. The third kappa shape index (κ3) is 2.95. The van der Waals surface area contributed by atoms with Crippen LogP contribution in [0.1, 0.15) is 23.2 Å². The first kappa shape index (κ1) is 14.0. The Morgan fingerprint density at radius 1 is 1.56 bits per heavy atom. The third-order valence-electron chi connectivity index (χ3n) is 2.99. The van der Waals surface area contributed by atoms with Crippen molar-refractivity contribution in [2.45, 2.75) is 18.9 Å². The highest BCUT2D eigenvalue weighted by Crippen LogP contribution is 2.24. The number of benzene rings is 1. The van der Waals surface area contributed by atoms with E-state index in [4.69, 9.17) is 17.3 Å². The zero-order chi connectivity index (χ0) is 13.3. The zero-order valence-corrected chi connectivity index (χ0v) is 12.5. The van der Waals surface area contributed by atoms with E-state index in [-0.39, 0.29) is 17.0 Å². The molecular weight excluding hydrogens is 370 g/mol. The summed E-state index contributed by atoms with van der Waals surface area (Å²) in [5.41, 5.74) is 6.19. The lowest BCUT2D eigenvalue weighted by Gasteiger charge is -2.31. The van der Waals surface area contributed by atoms with Gasteiger partial charge in [0.05, 0.1) is 10.6 Å². The number of piperidine rings is 1. The normalized spacial score (nSPS) is 20.0. The molecule has 0 aliphatic carbocycles. The van der Waals surface area contributed by atoms with Crippen molar-refractivity contribution >= 4 is 40.1 Å². The summed E-state index contributed by atoms with van der Waals surface area (Å²) in [6, 6.07) is 2.68. The van der Waals surface area contributed by atoms with Gasteiger partial charge in [-0.2, -0.15) is 0 Å². The fourth-order valence-corrected chi connectivity index (χ4v) is 2.75. The van der Waals surface area contributed by atoms with E-state index < -0.39 is 5.82 Å². The summed E-state index contributed by atoms with van der Waals surface area (Å²) in [5, 5.41) is 0.150. The van der Waals surface area contributed by atoms with Gasteiger partial charge in [-0.3, -0.25) is 4.79 Å². The molecule has 3 nitrogen and oxygen atoms in total. The zero-order valence-electron chi connectivity index (χ0n) is 9.63. The van der Waals surface area contributed by atoms with E-state index >= 15 is 0 Å². The van der Waals surface area contributed by atoms with Crippen LogP contribution in [0.5, 0.6) is 0 Å². The maximum absolute atomic E-state index is 13.3. The number of nitrogens with two attached hydrogens (primary N) is 1. The van der Waals surface area contributed by atoms with Crippen LogP contribution in [0, 0.1) is 9.39 Å². The number of hydrogen-bond donors (Lipinski definition) is 1. The lowest BCUT2D eigenvalue weighted by Crippen LogP contribution is -2.45. The second-order valence-corrected chi connectivity index (χ2v) is 5.97. The summed E-state index contributed by atoms with van der Waals surface area (Å²) in [7, 11) is 0. The highest BCUT2D eigenvalue weighted by Gasteiger charge is 2.24. The smallest absolute Gasteiger partial charge is 0.255 e. The van der Waals surface area contributed by atoms with Crippen LogP contribution in [0.3, 0.4) is 0 Å². The van der Waals surface area contributed by atoms with E-state index in [0.717, 1.165) is 12.8 Å². The number of rotatable bonds is 1. The van der Waals surface area contributed by atoms with Gasteiger partial charge >= 0.3 is 0 Å². The fraction of sp³-hybridized carbons (Fsp3) is 0.417. The molecule has 18 heavy (non-hydrogen) atoms. The lowest BCUT2D eigenvalue weighted by molar-refractivity contribution is 0.0709. The Kier molecular flexibility index (Phi) is 4.45. The Morgan fingerprint density at radius 3 is 2.94 bits per heavy atom. The molecule has 98 valence electrons. The van der Waals surface area contributed by atoms with E-state index in [1.165, 1.54) is 12.1 Å². The van der Waals surface area contributed by atoms with Crippen molar-refractivity contribution < 1.29 is 9.18 Å². The Bertz CT molecular complexity index is 483. The minimum absolute atomic E-state index is 0.0148. The van der Waals surface area contributed by atoms with Crippen LogP contribution in [-0.2, 0) is 0 Å². The molecule has 1 amide bonds. The molecule has 0 aromatic heterocycles. The van der Waals surface area contributed by atoms with Gasteiger partial charge in [-0.25, -0.2) is 4.39 Å². The summed E-state index contributed by atoms with van der Waals surface area (Å²) in [6.07, 6.45) is 1.82. The first-order valence-electron chi connectivity index (χ1n) is 5.68. The fourth-order valence-electron chi connectivity index (χ4n) is 2.05. The number of nitrogens with zero attached hydrogens (tertiary/aromatic N) is 1. The van der Waals surface area contributed by atoms with Crippen molar-refractivity contribution in [2.24, 2.45) is 5.73 Å². The van der Waals surface area contributed by atoms with Crippen molar-refractivity contribution in [1.82, 2.24) is 4.90 Å². The molecule has 0 spiro atoms. The van der Waals surface area contributed by atoms with E-state index in [1.54, 1.807) is 4.90 Å². The average Bonchev–Trinajstić information content (AvgIpc) is 2.33. The molecule has 0 bridgehead atoms. The van der Waals surface area contributed by atoms with Gasteiger partial charge in [0.2, 0.25) is 0 Å². The average molecular weight is 383 g/mol. The molecular formula is C12H13ClFIN2O. The summed E-state index contributed by atoms with van der Waals surface area (Å²) >= 11 is 7.78. The van der Waals surface area contributed by atoms with Crippen LogP contribution in [0.15, 0.2) is 12.1 Å². The van der Waals surface area contributed by atoms with Gasteiger partial charge in [0.15, 0.2) is 0 Å². The second-order valence-electron chi connectivity index (χ2n) is 4.40. The third-order valence-corrected chi connectivity index (χ3v) is 4.12. The topological polar surface area (TPSA) is 46.3 Å². The lowest BCUT2D eigenvalue weighted by atomic mass is 10.1. The molecule has 0 radical (unpaired) electrons. The Morgan fingerprint density at radius 2 is 2.28 bits per heavy atom. The molecule has 1 heterocycles. The van der Waals surface area contributed by atoms with Crippen molar-refractivity contribution in [1.29, 1.82) is 0 Å². The Hall–Kier alpha value is -0.400. The van der Waals surface area contributed by atoms with Crippen LogP contribution in [-0.4, -0.2) is 29.9 Å². The monoisotopic (exact) mass is 382 g/mol. The minimum atomic E-state index is -0.410. The number of carbonyl (C=O) groups excluding carboxylic acids is 1. The van der Waals surface area contributed by atoms with Gasteiger partial charge in [-0.05, 0) is 47.6 Å². The standard InChI is InChI=1S/C12H13ClFIN2O/c13-9-5-10(14)11(15)4-8(9)12(18)17-3-1-2-7(16)6-17/h4-5,7H,1-3,6,16H2/t7-/m1/s1. The summed E-state index contributed by atoms with van der Waals surface area (Å²) in [4.78, 5) is 14.0. The van der Waals surface area contributed by atoms with E-state index in [9.17, 15) is 9.18 Å². The highest BCUT2D eigenvalue weighted by molar-refractivity contribution is 14.1. The summed E-state index contributed by atoms with van der Waals surface area (Å²) < 4.78 is 13.7. The van der Waals surface area contributed by atoms with Gasteiger partial charge < -0.3 is 10.6 Å². The van der Waals surface area contributed by atoms with E-state index in [1.807, 2.05) is 22.6 Å². The van der Waals surface area contributed by atoms with Gasteiger partial charge in [0.25, 0.3) is 5.91 Å². The van der Waals surface area contributed by atoms with Gasteiger partial charge in [-0.15, -0.1) is 0 Å². The molecule has 1 aliphatic heterocycles. The van der Waals surface area contributed by atoms with Gasteiger partial charge in [0.1, 0.15) is 5.82 Å². The molecule has 1 aromatic carbocycles. The van der Waals surface area contributed by atoms with Crippen LogP contribution < -0.4 is 5.73 Å². The van der Waals surface area contributed by atoms with Gasteiger partial charge in [0, 0.05) is 22.7 Å². The number of likely N-dealkylation sites (tertiary alicyclic amines) is 1. The molecule has 2 rings (SSSR count). The quantitative estimate of drug-likeness (QED) is 0.599. The van der Waals surface area contributed by atoms with Crippen LogP contribution in [0.2, 0.25) is 5.02 Å². The van der Waals surface area contributed by atoms with Crippen LogP contribution >= 0.6 is 34.2 Å². The first-order valence-corrected chi connectivity index (χ1v) is 7.14. The SMILES string of the molecule is N[C@@H]1CCCN(C(=O)c2cc(I)c(F)cc2Cl)C1. The van der Waals surface area contributed by atoms with Crippen LogP contribution in [0.4, 0.5) is 4.39 Å². The van der Waals surface area contributed by atoms with E-state index in [2.05, 4.69) is 0 Å². The predicted octanol–water partition coefficient (Wildman–Crippen LogP) is 2.65. The molecule has 0 unspecified atom stereocenters. The molecule has 1 fully saturated rings. The molecule has 6 heteroatoms. The van der Waals surface area contributed by atoms with Crippen molar-refractivity contribution in [3.8, 4) is 0 Å². The number of halogens is 3. The minimum Gasteiger partial charge on any atom is -0.337 e. The second kappa shape index (κ2) is 5.71. The highest BCUT2D eigenvalue weighted by atomic mass is 127. The van der Waals surface area contributed by atoms with Crippen molar-refractivity contribution in [3.63, 3.8) is 0 Å². The summed E-state index contributed by atoms with van der Waals surface area (Å²) in [5.74, 6) is -0.583. The number of amides is 1. The number of carbonyl (C=O) groups is 1. The first-order chi connectivity index (χ1) is 8.49. The van der Waals surface area contributed by atoms with E-state index in [0.29, 0.717) is 22.2 Å². The predicted molar refractivity (Wildman–Crippen MR) is 77.2 cm³/mol. The van der Waals surface area contributed by atoms with Gasteiger partial charge in [-0.1, -0.05) is 11.6 Å². The molecule has 2 N–H and O–H groups in total. The Balaban J connectivity index is 2.25. The number of hydrogen-bond acceptors (Lipinski definition) is 2. The molecule has 1 aliphatic rings. The molecule has 0 saturated carbocycles. The Labute approximate surface area is 124 Å². The molecule has 1 atom stereocenters. The molecule has 1 aromatic rings. The van der Waals surface area contributed by atoms with Crippen molar-refractivity contribution in [2.75, 3.05) is 13.1 Å². The molecule has 1 saturated heterocycles. The largest absolute Gasteiger partial charge is 0.337 e. The van der Waals surface area contributed by atoms with Crippen LogP contribution in [0.25, 0.3) is 0 Å². The summed E-state index contributed by atoms with van der Waals surface area (Å²) in [6.45, 7) is 1.21. The maximum atomic E-state index is 13.3. The van der Waals surface area contributed by atoms with Crippen molar-refractivity contribution in [3.05, 3.63) is 32.1 Å².